The Kier molecular flexibility index (Phi) is 6.16. The SMILES string of the molecule is CCCC(=O)N1CCN(c2ncnc3c2c(-c2ccccc2)cn3-c2ccc(OC)cc2)CC1. The molecule has 2 aromatic heterocycles. The van der Waals surface area contributed by atoms with Crippen LogP contribution in [0.2, 0.25) is 0 Å². The van der Waals surface area contributed by atoms with Gasteiger partial charge in [-0.3, -0.25) is 4.79 Å². The van der Waals surface area contributed by atoms with Crippen molar-refractivity contribution in [3.63, 3.8) is 0 Å². The molecule has 0 saturated carbocycles. The van der Waals surface area contributed by atoms with E-state index in [9.17, 15) is 4.79 Å². The molecular formula is C27H29N5O2. The normalized spacial score (nSPS) is 13.9. The zero-order chi connectivity index (χ0) is 23.5. The molecule has 0 atom stereocenters. The number of anilines is 1. The van der Waals surface area contributed by atoms with Crippen LogP contribution in [0.25, 0.3) is 27.8 Å². The van der Waals surface area contributed by atoms with Crippen molar-refractivity contribution in [3.8, 4) is 22.6 Å². The van der Waals surface area contributed by atoms with E-state index in [1.54, 1.807) is 13.4 Å². The number of ether oxygens (including phenoxy) is 1. The molecule has 1 aliphatic heterocycles. The number of hydrogen-bond acceptors (Lipinski definition) is 5. The fraction of sp³-hybridized carbons (Fsp3) is 0.296. The summed E-state index contributed by atoms with van der Waals surface area (Å²) in [5.41, 5.74) is 4.07. The number of methoxy groups -OCH3 is 1. The number of aromatic nitrogens is 3. The standard InChI is InChI=1S/C27H29N5O2/c1-3-7-24(33)30-14-16-31(17-15-30)26-25-23(20-8-5-4-6-9-20)18-32(27(25)29-19-28-26)21-10-12-22(34-2)13-11-21/h4-6,8-13,18-19H,3,7,14-17H2,1-2H3. The van der Waals surface area contributed by atoms with E-state index in [0.29, 0.717) is 19.5 Å². The zero-order valence-corrected chi connectivity index (χ0v) is 19.6. The number of piperazine rings is 1. The molecule has 0 N–H and O–H groups in total. The molecule has 1 saturated heterocycles. The third kappa shape index (κ3) is 4.09. The Morgan fingerprint density at radius 1 is 0.971 bits per heavy atom. The molecule has 0 unspecified atom stereocenters. The second-order valence-electron chi connectivity index (χ2n) is 8.49. The molecule has 4 aromatic rings. The van der Waals surface area contributed by atoms with Gasteiger partial charge in [-0.2, -0.15) is 0 Å². The quantitative estimate of drug-likeness (QED) is 0.427. The van der Waals surface area contributed by atoms with Gasteiger partial charge >= 0.3 is 0 Å². The third-order valence-electron chi connectivity index (χ3n) is 6.39. The first-order chi connectivity index (χ1) is 16.7. The van der Waals surface area contributed by atoms with Gasteiger partial charge in [-0.05, 0) is 36.2 Å². The maximum Gasteiger partial charge on any atom is 0.222 e. The van der Waals surface area contributed by atoms with E-state index < -0.39 is 0 Å². The molecule has 0 spiro atoms. The number of nitrogens with zero attached hydrogens (tertiary/aromatic N) is 5. The number of hydrogen-bond donors (Lipinski definition) is 0. The van der Waals surface area contributed by atoms with Gasteiger partial charge < -0.3 is 19.1 Å². The molecule has 3 heterocycles. The van der Waals surface area contributed by atoms with Gasteiger partial charge in [-0.25, -0.2) is 9.97 Å². The molecule has 34 heavy (non-hydrogen) atoms. The lowest BCUT2D eigenvalue weighted by Crippen LogP contribution is -2.49. The van der Waals surface area contributed by atoms with Crippen LogP contribution in [-0.4, -0.2) is 58.6 Å². The van der Waals surface area contributed by atoms with Crippen LogP contribution in [-0.2, 0) is 4.79 Å². The van der Waals surface area contributed by atoms with Crippen LogP contribution in [0.15, 0.2) is 67.1 Å². The van der Waals surface area contributed by atoms with E-state index in [4.69, 9.17) is 14.7 Å². The summed E-state index contributed by atoms with van der Waals surface area (Å²) in [6, 6.07) is 18.3. The highest BCUT2D eigenvalue weighted by atomic mass is 16.5. The smallest absolute Gasteiger partial charge is 0.222 e. The molecule has 0 aliphatic carbocycles. The fourth-order valence-corrected chi connectivity index (χ4v) is 4.60. The van der Waals surface area contributed by atoms with Crippen molar-refractivity contribution in [2.75, 3.05) is 38.2 Å². The van der Waals surface area contributed by atoms with Crippen molar-refractivity contribution in [2.24, 2.45) is 0 Å². The number of carbonyl (C=O) groups excluding carboxylic acids is 1. The lowest BCUT2D eigenvalue weighted by atomic mass is 10.1. The van der Waals surface area contributed by atoms with E-state index in [1.165, 1.54) is 0 Å². The molecule has 7 heteroatoms. The second kappa shape index (κ2) is 9.55. The first-order valence-electron chi connectivity index (χ1n) is 11.8. The largest absolute Gasteiger partial charge is 0.497 e. The number of fused-ring (bicyclic) bond motifs is 1. The van der Waals surface area contributed by atoms with Crippen molar-refractivity contribution in [2.45, 2.75) is 19.8 Å². The summed E-state index contributed by atoms with van der Waals surface area (Å²) >= 11 is 0. The van der Waals surface area contributed by atoms with E-state index in [1.807, 2.05) is 54.3 Å². The first kappa shape index (κ1) is 21.9. The summed E-state index contributed by atoms with van der Waals surface area (Å²) in [4.78, 5) is 26.1. The molecule has 1 amide bonds. The van der Waals surface area contributed by atoms with Crippen LogP contribution in [0, 0.1) is 0 Å². The zero-order valence-electron chi connectivity index (χ0n) is 19.6. The highest BCUT2D eigenvalue weighted by Crippen LogP contribution is 2.37. The summed E-state index contributed by atoms with van der Waals surface area (Å²) in [7, 11) is 1.67. The Balaban J connectivity index is 1.58. The molecule has 0 bridgehead atoms. The van der Waals surface area contributed by atoms with Crippen LogP contribution in [0.1, 0.15) is 19.8 Å². The maximum atomic E-state index is 12.4. The van der Waals surface area contributed by atoms with Gasteiger partial charge in [0.05, 0.1) is 12.5 Å². The molecule has 0 radical (unpaired) electrons. The van der Waals surface area contributed by atoms with Crippen LogP contribution in [0.3, 0.4) is 0 Å². The number of benzene rings is 2. The summed E-state index contributed by atoms with van der Waals surface area (Å²) < 4.78 is 7.45. The van der Waals surface area contributed by atoms with E-state index >= 15 is 0 Å². The Morgan fingerprint density at radius 3 is 2.38 bits per heavy atom. The molecule has 2 aromatic carbocycles. The fourth-order valence-electron chi connectivity index (χ4n) is 4.60. The molecular weight excluding hydrogens is 426 g/mol. The van der Waals surface area contributed by atoms with Crippen molar-refractivity contribution >= 4 is 22.8 Å². The lowest BCUT2D eigenvalue weighted by molar-refractivity contribution is -0.131. The van der Waals surface area contributed by atoms with Crippen molar-refractivity contribution < 1.29 is 9.53 Å². The highest BCUT2D eigenvalue weighted by Gasteiger charge is 2.25. The van der Waals surface area contributed by atoms with Gasteiger partial charge in [-0.15, -0.1) is 0 Å². The van der Waals surface area contributed by atoms with Crippen LogP contribution >= 0.6 is 0 Å². The van der Waals surface area contributed by atoms with E-state index in [-0.39, 0.29) is 5.91 Å². The Labute approximate surface area is 199 Å². The number of amides is 1. The summed E-state index contributed by atoms with van der Waals surface area (Å²) in [6.07, 6.45) is 5.27. The molecule has 1 fully saturated rings. The summed E-state index contributed by atoms with van der Waals surface area (Å²) in [5, 5.41) is 1.03. The summed E-state index contributed by atoms with van der Waals surface area (Å²) in [6.45, 7) is 4.98. The molecule has 5 rings (SSSR count). The molecule has 1 aliphatic rings. The predicted molar refractivity (Wildman–Crippen MR) is 135 cm³/mol. The average molecular weight is 456 g/mol. The highest BCUT2D eigenvalue weighted by molar-refractivity contribution is 6.02. The van der Waals surface area contributed by atoms with Gasteiger partial charge in [-0.1, -0.05) is 37.3 Å². The van der Waals surface area contributed by atoms with Crippen molar-refractivity contribution in [1.82, 2.24) is 19.4 Å². The van der Waals surface area contributed by atoms with Gasteiger partial charge in [0, 0.05) is 50.0 Å². The van der Waals surface area contributed by atoms with E-state index in [0.717, 1.165) is 58.9 Å². The van der Waals surface area contributed by atoms with Gasteiger partial charge in [0.25, 0.3) is 0 Å². The van der Waals surface area contributed by atoms with Crippen LogP contribution < -0.4 is 9.64 Å². The Hall–Kier alpha value is -3.87. The monoisotopic (exact) mass is 455 g/mol. The molecule has 174 valence electrons. The molecule has 7 nitrogen and oxygen atoms in total. The topological polar surface area (TPSA) is 63.5 Å². The van der Waals surface area contributed by atoms with Crippen molar-refractivity contribution in [1.29, 1.82) is 0 Å². The minimum atomic E-state index is 0.241. The van der Waals surface area contributed by atoms with Gasteiger partial charge in [0.1, 0.15) is 17.9 Å². The second-order valence-corrected chi connectivity index (χ2v) is 8.49. The van der Waals surface area contributed by atoms with E-state index in [2.05, 4.69) is 27.8 Å². The van der Waals surface area contributed by atoms with Crippen LogP contribution in [0.5, 0.6) is 5.75 Å². The Morgan fingerprint density at radius 2 is 1.71 bits per heavy atom. The predicted octanol–water partition coefficient (Wildman–Crippen LogP) is 4.54. The lowest BCUT2D eigenvalue weighted by Gasteiger charge is -2.35. The summed E-state index contributed by atoms with van der Waals surface area (Å²) in [5.74, 6) is 1.97. The number of rotatable bonds is 6. The maximum absolute atomic E-state index is 12.4. The first-order valence-corrected chi connectivity index (χ1v) is 11.8. The van der Waals surface area contributed by atoms with Crippen LogP contribution in [0.4, 0.5) is 5.82 Å². The average Bonchev–Trinajstić information content (AvgIpc) is 3.29. The minimum Gasteiger partial charge on any atom is -0.497 e. The third-order valence-corrected chi connectivity index (χ3v) is 6.39. The minimum absolute atomic E-state index is 0.241. The Bertz CT molecular complexity index is 1280. The number of carbonyl (C=O) groups is 1. The van der Waals surface area contributed by atoms with Crippen molar-refractivity contribution in [3.05, 3.63) is 67.1 Å². The van der Waals surface area contributed by atoms with Gasteiger partial charge in [0.15, 0.2) is 5.65 Å². The van der Waals surface area contributed by atoms with Gasteiger partial charge in [0.2, 0.25) is 5.91 Å².